The summed E-state index contributed by atoms with van der Waals surface area (Å²) < 4.78 is 5.56. The van der Waals surface area contributed by atoms with Crippen LogP contribution in [-0.4, -0.2) is 55.4 Å². The molecule has 1 aromatic rings. The van der Waals surface area contributed by atoms with Gasteiger partial charge in [0.1, 0.15) is 5.75 Å². The third-order valence-corrected chi connectivity index (χ3v) is 4.66. The number of amides is 3. The first kappa shape index (κ1) is 21.7. The van der Waals surface area contributed by atoms with Crippen LogP contribution in [0.5, 0.6) is 5.75 Å². The molecule has 1 saturated heterocycles. The van der Waals surface area contributed by atoms with Gasteiger partial charge in [0.15, 0.2) is 0 Å². The number of hydrogen-bond donors (Lipinski definition) is 2. The van der Waals surface area contributed by atoms with Crippen LogP contribution in [0.15, 0.2) is 24.3 Å². The van der Waals surface area contributed by atoms with E-state index in [1.54, 1.807) is 24.3 Å². The lowest BCUT2D eigenvalue weighted by molar-refractivity contribution is -0.132. The van der Waals surface area contributed by atoms with Gasteiger partial charge in [-0.15, -0.1) is 0 Å². The van der Waals surface area contributed by atoms with Gasteiger partial charge in [-0.05, 0) is 49.9 Å². The predicted octanol–water partition coefficient (Wildman–Crippen LogP) is 2.11. The number of likely N-dealkylation sites (tertiary alicyclic amines) is 1. The van der Waals surface area contributed by atoms with E-state index in [4.69, 9.17) is 4.74 Å². The highest BCUT2D eigenvalue weighted by molar-refractivity contribution is 5.96. The summed E-state index contributed by atoms with van der Waals surface area (Å²) in [5.74, 6) is 0.172. The number of unbranched alkanes of at least 4 members (excludes halogenated alkanes) is 1. The maximum Gasteiger partial charge on any atom is 0.251 e. The van der Waals surface area contributed by atoms with Gasteiger partial charge < -0.3 is 20.3 Å². The number of piperidine rings is 1. The minimum atomic E-state index is -0.320. The second kappa shape index (κ2) is 12.0. The molecule has 1 fully saturated rings. The molecule has 1 aliphatic rings. The third-order valence-electron chi connectivity index (χ3n) is 4.66. The predicted molar refractivity (Wildman–Crippen MR) is 107 cm³/mol. The zero-order valence-electron chi connectivity index (χ0n) is 16.7. The molecule has 7 nitrogen and oxygen atoms in total. The molecule has 3 amide bonds. The Morgan fingerprint density at radius 1 is 1.04 bits per heavy atom. The smallest absolute Gasteiger partial charge is 0.251 e. The van der Waals surface area contributed by atoms with Crippen LogP contribution < -0.4 is 15.4 Å². The van der Waals surface area contributed by atoms with Crippen molar-refractivity contribution < 1.29 is 19.1 Å². The Balaban J connectivity index is 1.63. The SMILES string of the molecule is CCCCOc1ccc(C(=O)NCC(=O)NCCC(=O)N2CCCCC2)cc1. The van der Waals surface area contributed by atoms with Crippen molar-refractivity contribution in [3.05, 3.63) is 29.8 Å². The highest BCUT2D eigenvalue weighted by Gasteiger charge is 2.16. The van der Waals surface area contributed by atoms with E-state index >= 15 is 0 Å². The second-order valence-electron chi connectivity index (χ2n) is 6.95. The van der Waals surface area contributed by atoms with Crippen molar-refractivity contribution in [1.82, 2.24) is 15.5 Å². The van der Waals surface area contributed by atoms with Crippen LogP contribution in [0.4, 0.5) is 0 Å². The monoisotopic (exact) mass is 389 g/mol. The van der Waals surface area contributed by atoms with Gasteiger partial charge in [-0.25, -0.2) is 0 Å². The summed E-state index contributed by atoms with van der Waals surface area (Å²) in [7, 11) is 0. The summed E-state index contributed by atoms with van der Waals surface area (Å²) in [5.41, 5.74) is 0.468. The molecular formula is C21H31N3O4. The number of rotatable bonds is 10. The van der Waals surface area contributed by atoms with E-state index in [0.717, 1.165) is 44.5 Å². The van der Waals surface area contributed by atoms with Crippen molar-refractivity contribution in [1.29, 1.82) is 0 Å². The largest absolute Gasteiger partial charge is 0.494 e. The molecule has 154 valence electrons. The lowest BCUT2D eigenvalue weighted by Gasteiger charge is -2.26. The van der Waals surface area contributed by atoms with Crippen molar-refractivity contribution in [2.75, 3.05) is 32.8 Å². The Morgan fingerprint density at radius 3 is 2.43 bits per heavy atom. The molecule has 0 unspecified atom stereocenters. The molecule has 1 aliphatic heterocycles. The zero-order valence-corrected chi connectivity index (χ0v) is 16.7. The topological polar surface area (TPSA) is 87.7 Å². The minimum Gasteiger partial charge on any atom is -0.494 e. The van der Waals surface area contributed by atoms with Crippen LogP contribution in [0.1, 0.15) is 55.8 Å². The highest BCUT2D eigenvalue weighted by atomic mass is 16.5. The van der Waals surface area contributed by atoms with E-state index in [9.17, 15) is 14.4 Å². The molecule has 0 saturated carbocycles. The van der Waals surface area contributed by atoms with Crippen LogP contribution in [0.3, 0.4) is 0 Å². The Morgan fingerprint density at radius 2 is 1.75 bits per heavy atom. The molecule has 28 heavy (non-hydrogen) atoms. The lowest BCUT2D eigenvalue weighted by atomic mass is 10.1. The molecule has 2 N–H and O–H groups in total. The summed E-state index contributed by atoms with van der Waals surface area (Å²) in [6.07, 6.45) is 5.62. The van der Waals surface area contributed by atoms with E-state index < -0.39 is 0 Å². The van der Waals surface area contributed by atoms with Gasteiger partial charge in [0.05, 0.1) is 13.2 Å². The minimum absolute atomic E-state index is 0.0743. The molecule has 0 spiro atoms. The van der Waals surface area contributed by atoms with Crippen LogP contribution in [0, 0.1) is 0 Å². The Kier molecular flexibility index (Phi) is 9.31. The fourth-order valence-corrected chi connectivity index (χ4v) is 2.97. The maximum absolute atomic E-state index is 12.1. The Labute approximate surface area is 166 Å². The average Bonchev–Trinajstić information content (AvgIpc) is 2.73. The van der Waals surface area contributed by atoms with E-state index in [-0.39, 0.29) is 30.8 Å². The number of ether oxygens (including phenoxy) is 1. The van der Waals surface area contributed by atoms with Crippen LogP contribution in [0.25, 0.3) is 0 Å². The number of benzene rings is 1. The molecule has 0 bridgehead atoms. The maximum atomic E-state index is 12.1. The normalized spacial score (nSPS) is 13.7. The molecule has 2 rings (SSSR count). The second-order valence-corrected chi connectivity index (χ2v) is 6.95. The zero-order chi connectivity index (χ0) is 20.2. The standard InChI is InChI=1S/C21H31N3O4/c1-2-3-15-28-18-9-7-17(8-10-18)21(27)23-16-19(25)22-12-11-20(26)24-13-5-4-6-14-24/h7-10H,2-6,11-16H2,1H3,(H,22,25)(H,23,27). The summed E-state index contributed by atoms with van der Waals surface area (Å²) in [6.45, 7) is 4.54. The quantitative estimate of drug-likeness (QED) is 0.600. The van der Waals surface area contributed by atoms with Gasteiger partial charge in [-0.1, -0.05) is 13.3 Å². The van der Waals surface area contributed by atoms with Crippen molar-refractivity contribution in [2.45, 2.75) is 45.4 Å². The Hall–Kier alpha value is -2.57. The number of nitrogens with zero attached hydrogens (tertiary/aromatic N) is 1. The first-order chi connectivity index (χ1) is 13.6. The van der Waals surface area contributed by atoms with Gasteiger partial charge in [0, 0.05) is 31.6 Å². The van der Waals surface area contributed by atoms with Crippen molar-refractivity contribution >= 4 is 17.7 Å². The van der Waals surface area contributed by atoms with Gasteiger partial charge in [0.25, 0.3) is 5.91 Å². The van der Waals surface area contributed by atoms with Crippen molar-refractivity contribution in [3.63, 3.8) is 0 Å². The van der Waals surface area contributed by atoms with E-state index in [2.05, 4.69) is 17.6 Å². The summed E-state index contributed by atoms with van der Waals surface area (Å²) in [4.78, 5) is 37.9. The Bertz CT molecular complexity index is 640. The molecule has 7 heteroatoms. The van der Waals surface area contributed by atoms with Gasteiger partial charge in [-0.2, -0.15) is 0 Å². The van der Waals surface area contributed by atoms with Gasteiger partial charge >= 0.3 is 0 Å². The first-order valence-corrected chi connectivity index (χ1v) is 10.2. The van der Waals surface area contributed by atoms with E-state index in [0.29, 0.717) is 18.6 Å². The molecule has 1 heterocycles. The van der Waals surface area contributed by atoms with Crippen molar-refractivity contribution in [2.24, 2.45) is 0 Å². The fourth-order valence-electron chi connectivity index (χ4n) is 2.97. The van der Waals surface area contributed by atoms with Crippen LogP contribution in [-0.2, 0) is 9.59 Å². The summed E-state index contributed by atoms with van der Waals surface area (Å²) >= 11 is 0. The van der Waals surface area contributed by atoms with Crippen LogP contribution >= 0.6 is 0 Å². The summed E-state index contributed by atoms with van der Waals surface area (Å²) in [5, 5.41) is 5.26. The van der Waals surface area contributed by atoms with E-state index in [1.807, 2.05) is 4.90 Å². The third kappa shape index (κ3) is 7.58. The number of nitrogens with one attached hydrogen (secondary N) is 2. The number of hydrogen-bond acceptors (Lipinski definition) is 4. The van der Waals surface area contributed by atoms with Gasteiger partial charge in [-0.3, -0.25) is 14.4 Å². The van der Waals surface area contributed by atoms with Crippen molar-refractivity contribution in [3.8, 4) is 5.75 Å². The van der Waals surface area contributed by atoms with Gasteiger partial charge in [0.2, 0.25) is 11.8 Å². The molecule has 0 aliphatic carbocycles. The lowest BCUT2D eigenvalue weighted by Crippen LogP contribution is -2.40. The average molecular weight is 389 g/mol. The molecule has 0 aromatic heterocycles. The summed E-state index contributed by atoms with van der Waals surface area (Å²) in [6, 6.07) is 6.84. The highest BCUT2D eigenvalue weighted by Crippen LogP contribution is 2.12. The van der Waals surface area contributed by atoms with E-state index in [1.165, 1.54) is 6.42 Å². The van der Waals surface area contributed by atoms with Crippen LogP contribution in [0.2, 0.25) is 0 Å². The molecular weight excluding hydrogens is 358 g/mol. The number of carbonyl (C=O) groups excluding carboxylic acids is 3. The molecule has 0 atom stereocenters. The number of carbonyl (C=O) groups is 3. The fraction of sp³-hybridized carbons (Fsp3) is 0.571. The first-order valence-electron chi connectivity index (χ1n) is 10.2. The molecule has 1 aromatic carbocycles. The molecule has 0 radical (unpaired) electrons.